The van der Waals surface area contributed by atoms with Crippen molar-refractivity contribution in [2.24, 2.45) is 0 Å². The maximum Gasteiger partial charge on any atom is 0.210 e. The lowest BCUT2D eigenvalue weighted by atomic mass is 9.96. The minimum atomic E-state index is -0.246. The molecule has 0 aliphatic heterocycles. The van der Waals surface area contributed by atoms with E-state index in [0.717, 1.165) is 18.0 Å². The summed E-state index contributed by atoms with van der Waals surface area (Å²) in [7, 11) is 0. The number of carbonyl (C=O) groups excluding carboxylic acids is 1. The van der Waals surface area contributed by atoms with Crippen LogP contribution in [-0.2, 0) is 0 Å². The van der Waals surface area contributed by atoms with Crippen LogP contribution in [0.2, 0.25) is 5.02 Å². The molecule has 122 valence electrons. The van der Waals surface area contributed by atoms with Crippen molar-refractivity contribution in [3.8, 4) is 0 Å². The largest absolute Gasteiger partial charge is 0.293 e. The summed E-state index contributed by atoms with van der Waals surface area (Å²) >= 11 is 7.29. The number of ketones is 1. The molecule has 0 bridgehead atoms. The molecule has 1 aliphatic rings. The van der Waals surface area contributed by atoms with Crippen LogP contribution in [0.3, 0.4) is 0 Å². The third-order valence-corrected chi connectivity index (χ3v) is 5.46. The van der Waals surface area contributed by atoms with Gasteiger partial charge in [0.2, 0.25) is 5.16 Å². The second-order valence-electron chi connectivity index (χ2n) is 5.83. The number of halogens is 1. The Balaban J connectivity index is 1.70. The predicted molar refractivity (Wildman–Crippen MR) is 91.0 cm³/mol. The molecule has 3 rings (SSSR count). The minimum absolute atomic E-state index is 0.0601. The Bertz CT molecular complexity index is 667. The van der Waals surface area contributed by atoms with Crippen molar-refractivity contribution in [3.05, 3.63) is 34.9 Å². The second-order valence-corrected chi connectivity index (χ2v) is 7.57. The van der Waals surface area contributed by atoms with E-state index in [4.69, 9.17) is 11.6 Å². The minimum Gasteiger partial charge on any atom is -0.293 e. The summed E-state index contributed by atoms with van der Waals surface area (Å²) in [4.78, 5) is 12.5. The van der Waals surface area contributed by atoms with Gasteiger partial charge in [-0.1, -0.05) is 42.6 Å². The van der Waals surface area contributed by atoms with Crippen LogP contribution in [0.25, 0.3) is 0 Å². The fraction of sp³-hybridized carbons (Fsp3) is 0.500. The summed E-state index contributed by atoms with van der Waals surface area (Å²) in [5, 5.41) is 13.2. The summed E-state index contributed by atoms with van der Waals surface area (Å²) in [6.07, 6.45) is 5.94. The number of rotatable bonds is 5. The van der Waals surface area contributed by atoms with E-state index in [1.165, 1.54) is 31.0 Å². The highest BCUT2D eigenvalue weighted by Gasteiger charge is 2.24. The molecule has 0 radical (unpaired) electrons. The summed E-state index contributed by atoms with van der Waals surface area (Å²) in [5.74, 6) is 0.0601. The molecule has 0 spiro atoms. The molecule has 7 heteroatoms. The van der Waals surface area contributed by atoms with E-state index in [1.54, 1.807) is 24.3 Å². The first-order valence-corrected chi connectivity index (χ1v) is 9.15. The molecule has 1 unspecified atom stereocenters. The van der Waals surface area contributed by atoms with Gasteiger partial charge in [0.05, 0.1) is 11.3 Å². The monoisotopic (exact) mass is 350 g/mol. The van der Waals surface area contributed by atoms with E-state index >= 15 is 0 Å². The van der Waals surface area contributed by atoms with Gasteiger partial charge in [-0.05, 0) is 54.5 Å². The standard InChI is InChI=1S/C16H19ClN4OS/c1-11(15(22)12-7-9-13(17)10-8-12)23-16-18-19-20-21(16)14-5-3-2-4-6-14/h7-11,14H,2-6H2,1H3. The highest BCUT2D eigenvalue weighted by molar-refractivity contribution is 8.00. The van der Waals surface area contributed by atoms with Crippen LogP contribution in [-0.4, -0.2) is 31.2 Å². The third kappa shape index (κ3) is 3.93. The van der Waals surface area contributed by atoms with Gasteiger partial charge in [-0.3, -0.25) is 4.79 Å². The van der Waals surface area contributed by atoms with Gasteiger partial charge < -0.3 is 0 Å². The molecule has 2 aromatic rings. The van der Waals surface area contributed by atoms with Crippen LogP contribution < -0.4 is 0 Å². The Morgan fingerprint density at radius 3 is 2.65 bits per heavy atom. The SMILES string of the molecule is CC(Sc1nnnn1C1CCCCC1)C(=O)c1ccc(Cl)cc1. The number of hydrogen-bond acceptors (Lipinski definition) is 5. The van der Waals surface area contributed by atoms with Gasteiger partial charge in [0.25, 0.3) is 0 Å². The second kappa shape index (κ2) is 7.45. The van der Waals surface area contributed by atoms with Gasteiger partial charge in [0.15, 0.2) is 5.78 Å². The molecule has 1 heterocycles. The Labute approximate surface area is 144 Å². The average molecular weight is 351 g/mol. The van der Waals surface area contributed by atoms with Crippen LogP contribution in [0.4, 0.5) is 0 Å². The Morgan fingerprint density at radius 2 is 1.96 bits per heavy atom. The molecule has 1 aromatic carbocycles. The molecule has 0 saturated heterocycles. The number of thioether (sulfide) groups is 1. The average Bonchev–Trinajstić information content (AvgIpc) is 3.04. The number of tetrazole rings is 1. The lowest BCUT2D eigenvalue weighted by Crippen LogP contribution is -2.18. The van der Waals surface area contributed by atoms with Gasteiger partial charge >= 0.3 is 0 Å². The molecule has 0 amide bonds. The van der Waals surface area contributed by atoms with E-state index < -0.39 is 0 Å². The summed E-state index contributed by atoms with van der Waals surface area (Å²) in [6, 6.07) is 7.34. The fourth-order valence-electron chi connectivity index (χ4n) is 2.88. The van der Waals surface area contributed by atoms with Crippen molar-refractivity contribution < 1.29 is 4.79 Å². The van der Waals surface area contributed by atoms with E-state index in [1.807, 2.05) is 11.6 Å². The number of Topliss-reactive ketones (excluding diaryl/α,β-unsaturated/α-hetero) is 1. The van der Waals surface area contributed by atoms with Gasteiger partial charge in [-0.25, -0.2) is 4.68 Å². The zero-order valence-electron chi connectivity index (χ0n) is 13.0. The Kier molecular flexibility index (Phi) is 5.33. The molecule has 1 aromatic heterocycles. The zero-order valence-corrected chi connectivity index (χ0v) is 14.6. The van der Waals surface area contributed by atoms with E-state index in [9.17, 15) is 4.79 Å². The number of benzene rings is 1. The van der Waals surface area contributed by atoms with Crippen molar-refractivity contribution in [2.75, 3.05) is 0 Å². The molecular weight excluding hydrogens is 332 g/mol. The predicted octanol–water partition coefficient (Wildman–Crippen LogP) is 4.20. The van der Waals surface area contributed by atoms with Crippen molar-refractivity contribution in [1.29, 1.82) is 0 Å². The summed E-state index contributed by atoms with van der Waals surface area (Å²) in [5.41, 5.74) is 0.658. The molecule has 1 saturated carbocycles. The third-order valence-electron chi connectivity index (χ3n) is 4.16. The van der Waals surface area contributed by atoms with Crippen LogP contribution >= 0.6 is 23.4 Å². The number of carbonyl (C=O) groups is 1. The smallest absolute Gasteiger partial charge is 0.210 e. The van der Waals surface area contributed by atoms with Crippen LogP contribution in [0.15, 0.2) is 29.4 Å². The molecule has 0 N–H and O–H groups in total. The van der Waals surface area contributed by atoms with Crippen molar-refractivity contribution in [1.82, 2.24) is 20.2 Å². The zero-order chi connectivity index (χ0) is 16.2. The lowest BCUT2D eigenvalue weighted by Gasteiger charge is -2.22. The molecule has 1 fully saturated rings. The molecule has 1 aliphatic carbocycles. The topological polar surface area (TPSA) is 60.7 Å². The maximum absolute atomic E-state index is 12.5. The van der Waals surface area contributed by atoms with E-state index in [2.05, 4.69) is 15.5 Å². The van der Waals surface area contributed by atoms with Crippen molar-refractivity contribution >= 4 is 29.1 Å². The van der Waals surface area contributed by atoms with Crippen LogP contribution in [0, 0.1) is 0 Å². The van der Waals surface area contributed by atoms with Gasteiger partial charge in [-0.2, -0.15) is 0 Å². The maximum atomic E-state index is 12.5. The number of aromatic nitrogens is 4. The highest BCUT2D eigenvalue weighted by atomic mass is 35.5. The van der Waals surface area contributed by atoms with Gasteiger partial charge in [0, 0.05) is 10.6 Å². The molecule has 23 heavy (non-hydrogen) atoms. The quantitative estimate of drug-likeness (QED) is 0.597. The molecule has 5 nitrogen and oxygen atoms in total. The van der Waals surface area contributed by atoms with Crippen LogP contribution in [0.5, 0.6) is 0 Å². The van der Waals surface area contributed by atoms with Crippen molar-refractivity contribution in [3.63, 3.8) is 0 Å². The Morgan fingerprint density at radius 1 is 1.26 bits per heavy atom. The van der Waals surface area contributed by atoms with E-state index in [-0.39, 0.29) is 11.0 Å². The first-order valence-electron chi connectivity index (χ1n) is 7.89. The summed E-state index contributed by atoms with van der Waals surface area (Å²) < 4.78 is 1.90. The first kappa shape index (κ1) is 16.5. The summed E-state index contributed by atoms with van der Waals surface area (Å²) in [6.45, 7) is 1.89. The number of nitrogens with zero attached hydrogens (tertiary/aromatic N) is 4. The normalized spacial score (nSPS) is 17.1. The van der Waals surface area contributed by atoms with Crippen molar-refractivity contribution in [2.45, 2.75) is 55.5 Å². The highest BCUT2D eigenvalue weighted by Crippen LogP contribution is 2.32. The molecule has 1 atom stereocenters. The van der Waals surface area contributed by atoms with Crippen LogP contribution in [0.1, 0.15) is 55.4 Å². The van der Waals surface area contributed by atoms with E-state index in [0.29, 0.717) is 16.6 Å². The van der Waals surface area contributed by atoms with Gasteiger partial charge in [-0.15, -0.1) is 5.10 Å². The fourth-order valence-corrected chi connectivity index (χ4v) is 3.94. The molecular formula is C16H19ClN4OS. The first-order chi connectivity index (χ1) is 11.1. The van der Waals surface area contributed by atoms with Gasteiger partial charge in [0.1, 0.15) is 0 Å². The Hall–Kier alpha value is -1.40. The number of hydrogen-bond donors (Lipinski definition) is 0. The lowest BCUT2D eigenvalue weighted by molar-refractivity contribution is 0.0994.